The molecule has 4 rings (SSSR count). The fraction of sp³-hybridized carbons (Fsp3) is 0.611. The molecule has 2 saturated heterocycles. The van der Waals surface area contributed by atoms with E-state index in [-0.39, 0.29) is 18.1 Å². The number of carbonyl (C=O) groups excluding carboxylic acids is 1. The predicted molar refractivity (Wildman–Crippen MR) is 88.7 cm³/mol. The fourth-order valence-electron chi connectivity index (χ4n) is 3.84. The lowest BCUT2D eigenvalue weighted by Crippen LogP contribution is -2.48. The number of fused-ring (bicyclic) bond motifs is 1. The zero-order valence-corrected chi connectivity index (χ0v) is 14.4. The normalized spacial score (nSPS) is 25.8. The van der Waals surface area contributed by atoms with Crippen LogP contribution in [0.4, 0.5) is 8.78 Å². The third kappa shape index (κ3) is 3.35. The summed E-state index contributed by atoms with van der Waals surface area (Å²) in [4.78, 5) is 12.4. The minimum atomic E-state index is -2.82. The van der Waals surface area contributed by atoms with Crippen molar-refractivity contribution in [3.63, 3.8) is 0 Å². The van der Waals surface area contributed by atoms with Gasteiger partial charge in [0.2, 0.25) is 12.7 Å². The molecular formula is C18H22F2N2O4. The van der Waals surface area contributed by atoms with E-state index in [9.17, 15) is 13.6 Å². The van der Waals surface area contributed by atoms with Crippen molar-refractivity contribution < 1.29 is 27.8 Å². The van der Waals surface area contributed by atoms with Crippen molar-refractivity contribution >= 4 is 5.91 Å². The Kier molecular flexibility index (Phi) is 4.48. The Morgan fingerprint density at radius 3 is 2.73 bits per heavy atom. The van der Waals surface area contributed by atoms with E-state index in [1.165, 1.54) is 0 Å². The van der Waals surface area contributed by atoms with Crippen LogP contribution in [-0.2, 0) is 14.9 Å². The zero-order valence-electron chi connectivity index (χ0n) is 14.4. The number of ether oxygens (including phenoxy) is 3. The summed E-state index contributed by atoms with van der Waals surface area (Å²) in [6.45, 7) is 1.30. The molecule has 142 valence electrons. The molecular weight excluding hydrogens is 346 g/mol. The summed E-state index contributed by atoms with van der Waals surface area (Å²) in [7, 11) is 0. The highest BCUT2D eigenvalue weighted by molar-refractivity contribution is 5.82. The molecule has 1 unspecified atom stereocenters. The van der Waals surface area contributed by atoms with E-state index < -0.39 is 24.9 Å². The zero-order chi connectivity index (χ0) is 18.2. The van der Waals surface area contributed by atoms with Crippen molar-refractivity contribution in [2.75, 3.05) is 33.1 Å². The molecule has 0 aromatic heterocycles. The van der Waals surface area contributed by atoms with Crippen LogP contribution < -0.4 is 20.1 Å². The topological polar surface area (TPSA) is 68.8 Å². The van der Waals surface area contributed by atoms with Crippen LogP contribution in [0.3, 0.4) is 0 Å². The van der Waals surface area contributed by atoms with Crippen LogP contribution in [0.2, 0.25) is 0 Å². The van der Waals surface area contributed by atoms with Gasteiger partial charge in [-0.05, 0) is 30.5 Å². The lowest BCUT2D eigenvalue weighted by atomic mass is 9.74. The van der Waals surface area contributed by atoms with Crippen LogP contribution >= 0.6 is 0 Å². The van der Waals surface area contributed by atoms with Crippen LogP contribution in [0, 0.1) is 0 Å². The smallest absolute Gasteiger partial charge is 0.262 e. The van der Waals surface area contributed by atoms with E-state index in [0.29, 0.717) is 31.3 Å². The molecule has 1 amide bonds. The highest BCUT2D eigenvalue weighted by Crippen LogP contribution is 2.40. The van der Waals surface area contributed by atoms with Crippen LogP contribution in [0.15, 0.2) is 18.2 Å². The Morgan fingerprint density at radius 2 is 2.00 bits per heavy atom. The Labute approximate surface area is 150 Å². The molecule has 1 atom stereocenters. The van der Waals surface area contributed by atoms with E-state index >= 15 is 0 Å². The quantitative estimate of drug-likeness (QED) is 0.845. The second-order valence-electron chi connectivity index (χ2n) is 7.17. The third-order valence-corrected chi connectivity index (χ3v) is 5.46. The Bertz CT molecular complexity index is 692. The first-order chi connectivity index (χ1) is 12.5. The molecule has 2 N–H and O–H groups in total. The minimum absolute atomic E-state index is 0.202. The van der Waals surface area contributed by atoms with Gasteiger partial charge in [-0.3, -0.25) is 10.1 Å². The van der Waals surface area contributed by atoms with E-state index in [1.807, 2.05) is 18.2 Å². The number of carbonyl (C=O) groups is 1. The molecule has 3 heterocycles. The first-order valence-electron chi connectivity index (χ1n) is 8.84. The van der Waals surface area contributed by atoms with Gasteiger partial charge in [0.1, 0.15) is 0 Å². The predicted octanol–water partition coefficient (Wildman–Crippen LogP) is 1.58. The minimum Gasteiger partial charge on any atom is -0.454 e. The number of alkyl halides is 2. The molecule has 1 aromatic rings. The average molecular weight is 368 g/mol. The molecule has 3 aliphatic rings. The van der Waals surface area contributed by atoms with Crippen molar-refractivity contribution in [1.82, 2.24) is 10.6 Å². The Morgan fingerprint density at radius 1 is 1.23 bits per heavy atom. The summed E-state index contributed by atoms with van der Waals surface area (Å²) in [5, 5.41) is 5.47. The summed E-state index contributed by atoms with van der Waals surface area (Å²) in [5.74, 6) is -1.81. The molecule has 3 aliphatic heterocycles. The standard InChI is InChI=1S/C18H22F2N2O4/c19-18(20)8-13(21-10-18)16(23)22-9-17(3-5-24-6-4-17)12-1-2-14-15(7-12)26-11-25-14/h1-2,7,13,21H,3-6,8-11H2,(H,22,23). The van der Waals surface area contributed by atoms with Crippen molar-refractivity contribution in [2.45, 2.75) is 36.6 Å². The molecule has 1 aromatic carbocycles. The van der Waals surface area contributed by atoms with Gasteiger partial charge in [-0.25, -0.2) is 8.78 Å². The van der Waals surface area contributed by atoms with Crippen LogP contribution in [0.25, 0.3) is 0 Å². The molecule has 0 aliphatic carbocycles. The van der Waals surface area contributed by atoms with Crippen molar-refractivity contribution in [2.24, 2.45) is 0 Å². The largest absolute Gasteiger partial charge is 0.454 e. The van der Waals surface area contributed by atoms with Gasteiger partial charge >= 0.3 is 0 Å². The van der Waals surface area contributed by atoms with Gasteiger partial charge in [0.05, 0.1) is 12.6 Å². The van der Waals surface area contributed by atoms with Crippen LogP contribution in [0.1, 0.15) is 24.8 Å². The summed E-state index contributed by atoms with van der Waals surface area (Å²) in [6.07, 6.45) is 1.02. The average Bonchev–Trinajstić information content (AvgIpc) is 3.25. The maximum Gasteiger partial charge on any atom is 0.262 e. The molecule has 0 bridgehead atoms. The van der Waals surface area contributed by atoms with E-state index in [4.69, 9.17) is 14.2 Å². The SMILES string of the molecule is O=C(NCC1(c2ccc3c(c2)OCO3)CCOCC1)C1CC(F)(F)CN1. The van der Waals surface area contributed by atoms with Crippen molar-refractivity contribution in [3.8, 4) is 11.5 Å². The first kappa shape index (κ1) is 17.5. The van der Waals surface area contributed by atoms with E-state index in [0.717, 1.165) is 18.4 Å². The fourth-order valence-corrected chi connectivity index (χ4v) is 3.84. The summed E-state index contributed by atoms with van der Waals surface area (Å²) in [6, 6.07) is 4.95. The number of benzene rings is 1. The third-order valence-electron chi connectivity index (χ3n) is 5.46. The maximum absolute atomic E-state index is 13.3. The second-order valence-corrected chi connectivity index (χ2v) is 7.17. The highest BCUT2D eigenvalue weighted by atomic mass is 19.3. The molecule has 0 spiro atoms. The summed E-state index contributed by atoms with van der Waals surface area (Å²) in [5.41, 5.74) is 0.728. The van der Waals surface area contributed by atoms with Gasteiger partial charge < -0.3 is 19.5 Å². The first-order valence-corrected chi connectivity index (χ1v) is 8.84. The Balaban J connectivity index is 1.49. The summed E-state index contributed by atoms with van der Waals surface area (Å²) >= 11 is 0. The van der Waals surface area contributed by atoms with Gasteiger partial charge in [-0.1, -0.05) is 6.07 Å². The van der Waals surface area contributed by atoms with E-state index in [1.54, 1.807) is 0 Å². The van der Waals surface area contributed by atoms with Crippen molar-refractivity contribution in [1.29, 1.82) is 0 Å². The number of amides is 1. The van der Waals surface area contributed by atoms with Crippen molar-refractivity contribution in [3.05, 3.63) is 23.8 Å². The molecule has 0 radical (unpaired) electrons. The molecule has 2 fully saturated rings. The van der Waals surface area contributed by atoms with Gasteiger partial charge in [0, 0.05) is 31.6 Å². The molecule has 8 heteroatoms. The molecule has 0 saturated carbocycles. The Hall–Kier alpha value is -1.93. The number of hydrogen-bond donors (Lipinski definition) is 2. The molecule has 26 heavy (non-hydrogen) atoms. The highest BCUT2D eigenvalue weighted by Gasteiger charge is 2.43. The van der Waals surface area contributed by atoms with E-state index in [2.05, 4.69) is 10.6 Å². The monoisotopic (exact) mass is 368 g/mol. The summed E-state index contributed by atoms with van der Waals surface area (Å²) < 4.78 is 43.0. The number of rotatable bonds is 4. The van der Waals surface area contributed by atoms with Crippen LogP contribution in [0.5, 0.6) is 11.5 Å². The lowest BCUT2D eigenvalue weighted by molar-refractivity contribution is -0.123. The number of hydrogen-bond acceptors (Lipinski definition) is 5. The van der Waals surface area contributed by atoms with Gasteiger partial charge in [0.25, 0.3) is 5.92 Å². The lowest BCUT2D eigenvalue weighted by Gasteiger charge is -2.38. The van der Waals surface area contributed by atoms with Crippen LogP contribution in [-0.4, -0.2) is 51.0 Å². The van der Waals surface area contributed by atoms with Gasteiger partial charge in [0.15, 0.2) is 11.5 Å². The van der Waals surface area contributed by atoms with Gasteiger partial charge in [-0.2, -0.15) is 0 Å². The number of nitrogens with one attached hydrogen (secondary N) is 2. The number of halogens is 2. The van der Waals surface area contributed by atoms with Gasteiger partial charge in [-0.15, -0.1) is 0 Å². The maximum atomic E-state index is 13.3. The second kappa shape index (κ2) is 6.66. The molecule has 6 nitrogen and oxygen atoms in total.